The Labute approximate surface area is 161 Å². The Balaban J connectivity index is 1.64. The summed E-state index contributed by atoms with van der Waals surface area (Å²) in [7, 11) is 0. The summed E-state index contributed by atoms with van der Waals surface area (Å²) in [5.41, 5.74) is 1.26. The minimum Gasteiger partial charge on any atom is -0.449 e. The third-order valence-corrected chi connectivity index (χ3v) is 4.24. The number of benzene rings is 2. The second kappa shape index (κ2) is 6.53. The summed E-state index contributed by atoms with van der Waals surface area (Å²) in [4.78, 5) is 25.0. The maximum atomic E-state index is 12.7. The molecule has 0 radical (unpaired) electrons. The lowest BCUT2D eigenvalue weighted by Gasteiger charge is -2.16. The van der Waals surface area contributed by atoms with Crippen LogP contribution < -0.4 is 20.2 Å². The van der Waals surface area contributed by atoms with Crippen molar-refractivity contribution >= 4 is 11.6 Å². The molecule has 3 aromatic rings. The Kier molecular flexibility index (Phi) is 4.15. The van der Waals surface area contributed by atoms with Crippen molar-refractivity contribution in [3.05, 3.63) is 76.2 Å². The van der Waals surface area contributed by atoms with Crippen molar-refractivity contribution in [2.45, 2.75) is 26.6 Å². The van der Waals surface area contributed by atoms with Gasteiger partial charge in [0.2, 0.25) is 11.2 Å². The molecule has 7 nitrogen and oxygen atoms in total. The standard InChI is InChI=1S/C21H19N3O4/c1-13-11-16(25)19(23-24(13)15-7-5-4-6-8-15)20(26)22-14-9-10-17-18(12-14)28-21(2,3)27-17/h4-12H,1-3H3,(H,22,26). The van der Waals surface area contributed by atoms with Crippen LogP contribution in [0.1, 0.15) is 30.0 Å². The summed E-state index contributed by atoms with van der Waals surface area (Å²) in [5, 5.41) is 6.97. The van der Waals surface area contributed by atoms with E-state index in [-0.39, 0.29) is 5.69 Å². The van der Waals surface area contributed by atoms with E-state index in [1.165, 1.54) is 6.07 Å². The zero-order valence-electron chi connectivity index (χ0n) is 15.7. The maximum Gasteiger partial charge on any atom is 0.280 e. The van der Waals surface area contributed by atoms with Crippen LogP contribution in [-0.4, -0.2) is 21.5 Å². The van der Waals surface area contributed by atoms with Gasteiger partial charge in [0.15, 0.2) is 17.2 Å². The number of hydrogen-bond acceptors (Lipinski definition) is 5. The number of aromatic nitrogens is 2. The molecule has 0 saturated carbocycles. The number of ether oxygens (including phenoxy) is 2. The van der Waals surface area contributed by atoms with Crippen LogP contribution >= 0.6 is 0 Å². The molecule has 0 fully saturated rings. The quantitative estimate of drug-likeness (QED) is 0.757. The average Bonchev–Trinajstić information content (AvgIpc) is 2.95. The molecule has 28 heavy (non-hydrogen) atoms. The van der Waals surface area contributed by atoms with Crippen molar-refractivity contribution in [2.24, 2.45) is 0 Å². The highest BCUT2D eigenvalue weighted by molar-refractivity contribution is 6.02. The van der Waals surface area contributed by atoms with Crippen LogP contribution in [0.15, 0.2) is 59.4 Å². The maximum absolute atomic E-state index is 12.7. The number of carbonyl (C=O) groups excluding carboxylic acids is 1. The fraction of sp³-hybridized carbons (Fsp3) is 0.190. The molecule has 0 aliphatic carbocycles. The number of hydrogen-bond donors (Lipinski definition) is 1. The molecule has 142 valence electrons. The molecule has 0 saturated heterocycles. The Morgan fingerprint density at radius 3 is 2.50 bits per heavy atom. The second-order valence-corrected chi connectivity index (χ2v) is 6.97. The number of carbonyl (C=O) groups is 1. The molecule has 0 spiro atoms. The van der Waals surface area contributed by atoms with E-state index in [2.05, 4.69) is 10.4 Å². The van der Waals surface area contributed by atoms with Crippen molar-refractivity contribution in [3.63, 3.8) is 0 Å². The van der Waals surface area contributed by atoms with Gasteiger partial charge in [-0.05, 0) is 31.2 Å². The third-order valence-electron chi connectivity index (χ3n) is 4.24. The molecule has 4 rings (SSSR count). The van der Waals surface area contributed by atoms with Crippen LogP contribution in [0, 0.1) is 6.92 Å². The normalized spacial score (nSPS) is 14.0. The van der Waals surface area contributed by atoms with Gasteiger partial charge in [-0.1, -0.05) is 18.2 Å². The first-order valence-electron chi connectivity index (χ1n) is 8.82. The smallest absolute Gasteiger partial charge is 0.280 e. The molecule has 1 N–H and O–H groups in total. The van der Waals surface area contributed by atoms with E-state index in [0.29, 0.717) is 22.9 Å². The number of fused-ring (bicyclic) bond motifs is 1. The first-order valence-corrected chi connectivity index (χ1v) is 8.82. The van der Waals surface area contributed by atoms with Crippen molar-refractivity contribution in [1.82, 2.24) is 9.78 Å². The summed E-state index contributed by atoms with van der Waals surface area (Å²) in [6.07, 6.45) is 0. The topological polar surface area (TPSA) is 82.5 Å². The van der Waals surface area contributed by atoms with E-state index >= 15 is 0 Å². The van der Waals surface area contributed by atoms with Crippen molar-refractivity contribution < 1.29 is 14.3 Å². The van der Waals surface area contributed by atoms with Gasteiger partial charge < -0.3 is 14.8 Å². The summed E-state index contributed by atoms with van der Waals surface area (Å²) < 4.78 is 12.9. The van der Waals surface area contributed by atoms with Crippen LogP contribution in [0.5, 0.6) is 11.5 Å². The Hall–Kier alpha value is -3.61. The highest BCUT2D eigenvalue weighted by Gasteiger charge is 2.31. The van der Waals surface area contributed by atoms with Gasteiger partial charge in [0.05, 0.1) is 5.69 Å². The van der Waals surface area contributed by atoms with Crippen LogP contribution in [-0.2, 0) is 0 Å². The van der Waals surface area contributed by atoms with E-state index in [1.807, 2.05) is 30.3 Å². The van der Waals surface area contributed by atoms with Gasteiger partial charge in [-0.2, -0.15) is 5.10 Å². The number of amides is 1. The Morgan fingerprint density at radius 2 is 1.75 bits per heavy atom. The minimum absolute atomic E-state index is 0.188. The summed E-state index contributed by atoms with van der Waals surface area (Å²) in [5.74, 6) is -0.218. The number of aryl methyl sites for hydroxylation is 1. The van der Waals surface area contributed by atoms with Crippen LogP contribution in [0.4, 0.5) is 5.69 Å². The summed E-state index contributed by atoms with van der Waals surface area (Å²) in [6.45, 7) is 5.36. The first-order chi connectivity index (χ1) is 13.3. The number of rotatable bonds is 3. The fourth-order valence-corrected chi connectivity index (χ4v) is 3.03. The average molecular weight is 377 g/mol. The molecule has 0 bridgehead atoms. The molecule has 1 aliphatic heterocycles. The van der Waals surface area contributed by atoms with Gasteiger partial charge in [-0.15, -0.1) is 0 Å². The van der Waals surface area contributed by atoms with Crippen molar-refractivity contribution in [1.29, 1.82) is 0 Å². The van der Waals surface area contributed by atoms with E-state index in [0.717, 1.165) is 5.69 Å². The zero-order chi connectivity index (χ0) is 19.9. The fourth-order valence-electron chi connectivity index (χ4n) is 3.03. The SMILES string of the molecule is Cc1cc(=O)c(C(=O)Nc2ccc3c(c2)OC(C)(C)O3)nn1-c1ccccc1. The lowest BCUT2D eigenvalue weighted by molar-refractivity contribution is -0.0431. The lowest BCUT2D eigenvalue weighted by atomic mass is 10.2. The van der Waals surface area contributed by atoms with E-state index in [1.54, 1.807) is 43.7 Å². The number of para-hydroxylation sites is 1. The van der Waals surface area contributed by atoms with Gasteiger partial charge in [0.25, 0.3) is 5.91 Å². The molecule has 0 atom stereocenters. The number of anilines is 1. The molecule has 7 heteroatoms. The molecular weight excluding hydrogens is 358 g/mol. The molecular formula is C21H19N3O4. The predicted molar refractivity (Wildman–Crippen MR) is 104 cm³/mol. The van der Waals surface area contributed by atoms with Crippen LogP contribution in [0.25, 0.3) is 5.69 Å². The molecule has 2 heterocycles. The molecule has 1 aromatic heterocycles. The van der Waals surface area contributed by atoms with Gasteiger partial charge in [-0.25, -0.2) is 4.68 Å². The van der Waals surface area contributed by atoms with E-state index in [9.17, 15) is 9.59 Å². The number of nitrogens with zero attached hydrogens (tertiary/aromatic N) is 2. The molecule has 1 amide bonds. The van der Waals surface area contributed by atoms with Crippen LogP contribution in [0.2, 0.25) is 0 Å². The third kappa shape index (κ3) is 3.34. The summed E-state index contributed by atoms with van der Waals surface area (Å²) >= 11 is 0. The van der Waals surface area contributed by atoms with Gasteiger partial charge in [0.1, 0.15) is 0 Å². The Morgan fingerprint density at radius 1 is 1.04 bits per heavy atom. The Bertz CT molecular complexity index is 1120. The predicted octanol–water partition coefficient (Wildman–Crippen LogP) is 3.30. The molecule has 2 aromatic carbocycles. The molecule has 0 unspecified atom stereocenters. The summed E-state index contributed by atoms with van der Waals surface area (Å²) in [6, 6.07) is 15.8. The van der Waals surface area contributed by atoms with E-state index < -0.39 is 17.1 Å². The molecule has 1 aliphatic rings. The zero-order valence-corrected chi connectivity index (χ0v) is 15.7. The number of nitrogens with one attached hydrogen (secondary N) is 1. The van der Waals surface area contributed by atoms with Crippen molar-refractivity contribution in [2.75, 3.05) is 5.32 Å². The monoisotopic (exact) mass is 377 g/mol. The van der Waals surface area contributed by atoms with Gasteiger partial charge >= 0.3 is 0 Å². The highest BCUT2D eigenvalue weighted by atomic mass is 16.7. The van der Waals surface area contributed by atoms with Crippen molar-refractivity contribution in [3.8, 4) is 17.2 Å². The highest BCUT2D eigenvalue weighted by Crippen LogP contribution is 2.40. The second-order valence-electron chi connectivity index (χ2n) is 6.97. The van der Waals surface area contributed by atoms with E-state index in [4.69, 9.17) is 9.47 Å². The first kappa shape index (κ1) is 17.8. The lowest BCUT2D eigenvalue weighted by Crippen LogP contribution is -2.29. The van der Waals surface area contributed by atoms with Gasteiger partial charge in [0, 0.05) is 37.4 Å². The van der Waals surface area contributed by atoms with Gasteiger partial charge in [-0.3, -0.25) is 9.59 Å². The van der Waals surface area contributed by atoms with Crippen LogP contribution in [0.3, 0.4) is 0 Å². The largest absolute Gasteiger partial charge is 0.449 e. The minimum atomic E-state index is -0.757.